The normalized spacial score (nSPS) is 17.7. The van der Waals surface area contributed by atoms with E-state index in [2.05, 4.69) is 21.2 Å². The fourth-order valence-electron chi connectivity index (χ4n) is 3.22. The molecule has 0 aromatic heterocycles. The molecule has 1 saturated heterocycles. The van der Waals surface area contributed by atoms with Gasteiger partial charge in [0, 0.05) is 29.7 Å². The van der Waals surface area contributed by atoms with Gasteiger partial charge in [-0.1, -0.05) is 22.0 Å². The fourth-order valence-corrected chi connectivity index (χ4v) is 5.01. The van der Waals surface area contributed by atoms with E-state index < -0.39 is 20.9 Å². The van der Waals surface area contributed by atoms with E-state index in [-0.39, 0.29) is 23.0 Å². The first-order chi connectivity index (χ1) is 13.7. The number of benzene rings is 2. The highest BCUT2D eigenvalue weighted by atomic mass is 79.9. The van der Waals surface area contributed by atoms with Crippen molar-refractivity contribution in [2.75, 3.05) is 18.4 Å². The number of hydrogen-bond donors (Lipinski definition) is 1. The van der Waals surface area contributed by atoms with Gasteiger partial charge in [-0.25, -0.2) is 8.42 Å². The standard InChI is InChI=1S/C19H20BrN3O5S/c1-13-4-7-16(23(25)26)11-18(13)21-19(24)14-3-2-10-22(12-14)29(27,28)17-8-5-15(20)6-9-17/h4-9,11,14H,2-3,10,12H2,1H3,(H,21,24). The van der Waals surface area contributed by atoms with E-state index in [0.29, 0.717) is 30.6 Å². The van der Waals surface area contributed by atoms with Crippen LogP contribution in [0.3, 0.4) is 0 Å². The Bertz CT molecular complexity index is 1040. The van der Waals surface area contributed by atoms with Gasteiger partial charge >= 0.3 is 0 Å². The molecule has 154 valence electrons. The SMILES string of the molecule is Cc1ccc([N+](=O)[O-])cc1NC(=O)C1CCCN(S(=O)(=O)c2ccc(Br)cc2)C1. The molecule has 0 saturated carbocycles. The molecule has 1 aliphatic rings. The van der Waals surface area contributed by atoms with Gasteiger partial charge in [-0.15, -0.1) is 0 Å². The van der Waals surface area contributed by atoms with Crippen LogP contribution in [-0.2, 0) is 14.8 Å². The van der Waals surface area contributed by atoms with Gasteiger partial charge in [0.05, 0.1) is 21.4 Å². The molecule has 1 unspecified atom stereocenters. The minimum Gasteiger partial charge on any atom is -0.325 e. The lowest BCUT2D eigenvalue weighted by Gasteiger charge is -2.31. The number of carbonyl (C=O) groups is 1. The molecule has 10 heteroatoms. The Balaban J connectivity index is 1.75. The average molecular weight is 482 g/mol. The number of nitro groups is 1. The smallest absolute Gasteiger partial charge is 0.271 e. The zero-order valence-electron chi connectivity index (χ0n) is 15.7. The molecule has 8 nitrogen and oxygen atoms in total. The monoisotopic (exact) mass is 481 g/mol. The molecule has 1 atom stereocenters. The molecular weight excluding hydrogens is 462 g/mol. The van der Waals surface area contributed by atoms with Crippen LogP contribution in [0.15, 0.2) is 51.8 Å². The molecular formula is C19H20BrN3O5S. The number of halogens is 1. The topological polar surface area (TPSA) is 110 Å². The van der Waals surface area contributed by atoms with Crippen LogP contribution >= 0.6 is 15.9 Å². The second-order valence-corrected chi connectivity index (χ2v) is 9.76. The summed E-state index contributed by atoms with van der Waals surface area (Å²) < 4.78 is 27.9. The summed E-state index contributed by atoms with van der Waals surface area (Å²) in [6.07, 6.45) is 1.11. The predicted molar refractivity (Wildman–Crippen MR) is 112 cm³/mol. The van der Waals surface area contributed by atoms with Crippen molar-refractivity contribution in [2.24, 2.45) is 5.92 Å². The lowest BCUT2D eigenvalue weighted by Crippen LogP contribution is -2.43. The molecule has 0 spiro atoms. The molecule has 2 aromatic rings. The average Bonchev–Trinajstić information content (AvgIpc) is 2.70. The van der Waals surface area contributed by atoms with Crippen LogP contribution in [0.2, 0.25) is 0 Å². The van der Waals surface area contributed by atoms with Crippen molar-refractivity contribution in [1.82, 2.24) is 4.31 Å². The zero-order chi connectivity index (χ0) is 21.2. The number of carbonyl (C=O) groups excluding carboxylic acids is 1. The van der Waals surface area contributed by atoms with Gasteiger partial charge in [0.1, 0.15) is 0 Å². The highest BCUT2D eigenvalue weighted by Crippen LogP contribution is 2.27. The summed E-state index contributed by atoms with van der Waals surface area (Å²) in [7, 11) is -3.70. The minimum absolute atomic E-state index is 0.0677. The predicted octanol–water partition coefficient (Wildman–Crippen LogP) is 3.71. The van der Waals surface area contributed by atoms with Crippen molar-refractivity contribution in [3.63, 3.8) is 0 Å². The van der Waals surface area contributed by atoms with Crippen LogP contribution in [0.1, 0.15) is 18.4 Å². The summed E-state index contributed by atoms with van der Waals surface area (Å²) in [6.45, 7) is 2.15. The first-order valence-corrected chi connectivity index (χ1v) is 11.2. The third-order valence-corrected chi connectivity index (χ3v) is 7.30. The van der Waals surface area contributed by atoms with E-state index in [4.69, 9.17) is 0 Å². The van der Waals surface area contributed by atoms with Gasteiger partial charge in [0.15, 0.2) is 0 Å². The molecule has 1 fully saturated rings. The molecule has 0 radical (unpaired) electrons. The Kier molecular flexibility index (Phi) is 6.35. The molecule has 1 heterocycles. The largest absolute Gasteiger partial charge is 0.325 e. The number of nitrogens with one attached hydrogen (secondary N) is 1. The molecule has 1 aliphatic heterocycles. The molecule has 2 aromatic carbocycles. The number of hydrogen-bond acceptors (Lipinski definition) is 5. The number of nitrogens with zero attached hydrogens (tertiary/aromatic N) is 2. The third kappa shape index (κ3) is 4.82. The van der Waals surface area contributed by atoms with Gasteiger partial charge in [0.25, 0.3) is 5.69 Å². The first kappa shape index (κ1) is 21.4. The second-order valence-electron chi connectivity index (χ2n) is 6.90. The highest BCUT2D eigenvalue weighted by Gasteiger charge is 2.33. The third-order valence-electron chi connectivity index (χ3n) is 4.90. The molecule has 3 rings (SSSR count). The molecule has 1 N–H and O–H groups in total. The number of piperidine rings is 1. The van der Waals surface area contributed by atoms with Gasteiger partial charge in [-0.2, -0.15) is 4.31 Å². The van der Waals surface area contributed by atoms with Gasteiger partial charge in [-0.05, 0) is 49.6 Å². The zero-order valence-corrected chi connectivity index (χ0v) is 18.1. The van der Waals surface area contributed by atoms with Crippen molar-refractivity contribution in [3.05, 3.63) is 62.6 Å². The van der Waals surface area contributed by atoms with Crippen LogP contribution in [0, 0.1) is 23.0 Å². The number of aryl methyl sites for hydroxylation is 1. The van der Waals surface area contributed by atoms with Crippen molar-refractivity contribution in [2.45, 2.75) is 24.7 Å². The quantitative estimate of drug-likeness (QED) is 0.516. The maximum atomic E-state index is 12.9. The summed E-state index contributed by atoms with van der Waals surface area (Å²) in [6, 6.07) is 10.6. The number of amides is 1. The van der Waals surface area contributed by atoms with E-state index in [1.807, 2.05) is 0 Å². The Hall–Kier alpha value is -2.30. The van der Waals surface area contributed by atoms with Crippen LogP contribution in [0.4, 0.5) is 11.4 Å². The summed E-state index contributed by atoms with van der Waals surface area (Å²) in [4.78, 5) is 23.4. The van der Waals surface area contributed by atoms with E-state index in [0.717, 1.165) is 4.47 Å². The summed E-state index contributed by atoms with van der Waals surface area (Å²) in [5, 5.41) is 13.7. The van der Waals surface area contributed by atoms with Crippen molar-refractivity contribution < 1.29 is 18.1 Å². The number of anilines is 1. The number of rotatable bonds is 5. The summed E-state index contributed by atoms with van der Waals surface area (Å²) >= 11 is 3.28. The van der Waals surface area contributed by atoms with Gasteiger partial charge in [0.2, 0.25) is 15.9 Å². The van der Waals surface area contributed by atoms with E-state index in [9.17, 15) is 23.3 Å². The maximum absolute atomic E-state index is 12.9. The Morgan fingerprint density at radius 1 is 1.24 bits per heavy atom. The second kappa shape index (κ2) is 8.60. The van der Waals surface area contributed by atoms with Crippen LogP contribution < -0.4 is 5.32 Å². The maximum Gasteiger partial charge on any atom is 0.271 e. The minimum atomic E-state index is -3.70. The van der Waals surface area contributed by atoms with Gasteiger partial charge < -0.3 is 5.32 Å². The van der Waals surface area contributed by atoms with E-state index >= 15 is 0 Å². The highest BCUT2D eigenvalue weighted by molar-refractivity contribution is 9.10. The van der Waals surface area contributed by atoms with E-state index in [1.54, 1.807) is 25.1 Å². The lowest BCUT2D eigenvalue weighted by molar-refractivity contribution is -0.384. The number of nitro benzene ring substituents is 1. The van der Waals surface area contributed by atoms with Crippen LogP contribution in [-0.4, -0.2) is 36.6 Å². The number of non-ortho nitro benzene ring substituents is 1. The Labute approximate surface area is 177 Å². The molecule has 1 amide bonds. The van der Waals surface area contributed by atoms with Crippen molar-refractivity contribution in [1.29, 1.82) is 0 Å². The van der Waals surface area contributed by atoms with Crippen LogP contribution in [0.5, 0.6) is 0 Å². The van der Waals surface area contributed by atoms with E-state index in [1.165, 1.54) is 28.6 Å². The Morgan fingerprint density at radius 3 is 2.59 bits per heavy atom. The van der Waals surface area contributed by atoms with Crippen molar-refractivity contribution in [3.8, 4) is 0 Å². The summed E-state index contributed by atoms with van der Waals surface area (Å²) in [5.41, 5.74) is 0.935. The summed E-state index contributed by atoms with van der Waals surface area (Å²) in [5.74, 6) is -0.878. The Morgan fingerprint density at radius 2 is 1.93 bits per heavy atom. The molecule has 29 heavy (non-hydrogen) atoms. The van der Waals surface area contributed by atoms with Crippen LogP contribution in [0.25, 0.3) is 0 Å². The van der Waals surface area contributed by atoms with Gasteiger partial charge in [-0.3, -0.25) is 14.9 Å². The molecule has 0 aliphatic carbocycles. The molecule has 0 bridgehead atoms. The first-order valence-electron chi connectivity index (χ1n) is 9.00. The van der Waals surface area contributed by atoms with Crippen molar-refractivity contribution >= 4 is 43.2 Å². The fraction of sp³-hybridized carbons (Fsp3) is 0.316. The number of sulfonamides is 1. The lowest BCUT2D eigenvalue weighted by atomic mass is 9.98.